The molecule has 2 rings (SSSR count). The average molecular weight is 480 g/mol. The van der Waals surface area contributed by atoms with Gasteiger partial charge >= 0.3 is 0 Å². The summed E-state index contributed by atoms with van der Waals surface area (Å²) in [5.41, 5.74) is 1.30. The molecular weight excluding hydrogens is 451 g/mol. The number of fused-ring (bicyclic) bond motifs is 1. The second-order valence-electron chi connectivity index (χ2n) is 5.66. The summed E-state index contributed by atoms with van der Waals surface area (Å²) in [6.45, 7) is 6.47. The van der Waals surface area contributed by atoms with Crippen LogP contribution in [0.4, 0.5) is 0 Å². The van der Waals surface area contributed by atoms with Crippen molar-refractivity contribution in [3.63, 3.8) is 0 Å². The number of hydrogen-bond acceptors (Lipinski definition) is 4. The van der Waals surface area contributed by atoms with Gasteiger partial charge in [-0.15, -0.1) is 35.3 Å². The van der Waals surface area contributed by atoms with E-state index < -0.39 is 0 Å². The van der Waals surface area contributed by atoms with Crippen molar-refractivity contribution < 1.29 is 9.53 Å². The van der Waals surface area contributed by atoms with Gasteiger partial charge in [-0.25, -0.2) is 0 Å². The summed E-state index contributed by atoms with van der Waals surface area (Å²) in [5.74, 6) is 0.934. The Kier molecular flexibility index (Phi) is 11.1. The Bertz CT molecular complexity index is 551. The number of guanidine groups is 1. The van der Waals surface area contributed by atoms with Gasteiger partial charge in [-0.2, -0.15) is 0 Å². The quantitative estimate of drug-likeness (QED) is 0.259. The molecule has 0 aliphatic carbocycles. The van der Waals surface area contributed by atoms with Crippen molar-refractivity contribution in [2.24, 2.45) is 4.99 Å². The maximum Gasteiger partial charge on any atom is 0.224 e. The molecule has 0 radical (unpaired) electrons. The number of aliphatic imine (C=N–C) groups is 1. The highest BCUT2D eigenvalue weighted by Gasteiger charge is 2.20. The van der Waals surface area contributed by atoms with E-state index in [1.54, 1.807) is 18.4 Å². The average Bonchev–Trinajstić information content (AvgIpc) is 3.07. The van der Waals surface area contributed by atoms with E-state index in [9.17, 15) is 4.79 Å². The largest absolute Gasteiger partial charge is 0.382 e. The van der Waals surface area contributed by atoms with Gasteiger partial charge in [0, 0.05) is 57.7 Å². The number of carbonyl (C=O) groups is 1. The maximum atomic E-state index is 12.3. The minimum Gasteiger partial charge on any atom is -0.382 e. The van der Waals surface area contributed by atoms with Crippen LogP contribution in [-0.2, 0) is 22.5 Å². The summed E-state index contributed by atoms with van der Waals surface area (Å²) in [6, 6.07) is 2.13. The summed E-state index contributed by atoms with van der Waals surface area (Å²) in [5, 5.41) is 8.54. The third kappa shape index (κ3) is 7.49. The van der Waals surface area contributed by atoms with Crippen molar-refractivity contribution in [3.8, 4) is 0 Å². The molecule has 2 N–H and O–H groups in total. The number of hydrogen-bond donors (Lipinski definition) is 2. The van der Waals surface area contributed by atoms with Gasteiger partial charge in [-0.3, -0.25) is 9.79 Å². The van der Waals surface area contributed by atoms with E-state index in [2.05, 4.69) is 27.1 Å². The highest BCUT2D eigenvalue weighted by atomic mass is 127. The molecule has 25 heavy (non-hydrogen) atoms. The van der Waals surface area contributed by atoms with Crippen LogP contribution in [0.3, 0.4) is 0 Å². The molecule has 0 bridgehead atoms. The normalized spacial score (nSPS) is 13.8. The highest BCUT2D eigenvalue weighted by molar-refractivity contribution is 14.0. The van der Waals surface area contributed by atoms with Crippen molar-refractivity contribution in [2.45, 2.75) is 32.7 Å². The molecule has 0 atom stereocenters. The summed E-state index contributed by atoms with van der Waals surface area (Å²) in [6.07, 6.45) is 2.40. The first kappa shape index (κ1) is 22.2. The van der Waals surface area contributed by atoms with Crippen LogP contribution < -0.4 is 10.6 Å². The monoisotopic (exact) mass is 480 g/mol. The Morgan fingerprint density at radius 2 is 2.20 bits per heavy atom. The molecule has 2 heterocycles. The molecule has 0 saturated heterocycles. The van der Waals surface area contributed by atoms with E-state index in [4.69, 9.17) is 4.74 Å². The van der Waals surface area contributed by atoms with Gasteiger partial charge < -0.3 is 20.3 Å². The minimum atomic E-state index is 0. The van der Waals surface area contributed by atoms with Crippen molar-refractivity contribution in [3.05, 3.63) is 21.9 Å². The molecule has 0 saturated carbocycles. The van der Waals surface area contributed by atoms with Gasteiger partial charge in [0.05, 0.1) is 0 Å². The van der Waals surface area contributed by atoms with Gasteiger partial charge in [0.2, 0.25) is 5.91 Å². The van der Waals surface area contributed by atoms with Crippen LogP contribution in [0.2, 0.25) is 0 Å². The predicted octanol–water partition coefficient (Wildman–Crippen LogP) is 2.23. The fourth-order valence-corrected chi connectivity index (χ4v) is 3.54. The topological polar surface area (TPSA) is 66.0 Å². The van der Waals surface area contributed by atoms with Crippen molar-refractivity contribution in [2.75, 3.05) is 39.9 Å². The van der Waals surface area contributed by atoms with Crippen molar-refractivity contribution in [1.29, 1.82) is 0 Å². The zero-order valence-electron chi connectivity index (χ0n) is 15.0. The SMILES string of the molecule is CCOCCCNC(=NC)NCCC(=O)N1CCc2sccc2C1.I. The second kappa shape index (κ2) is 12.5. The number of amides is 1. The zero-order valence-corrected chi connectivity index (χ0v) is 18.2. The lowest BCUT2D eigenvalue weighted by Crippen LogP contribution is -2.41. The lowest BCUT2D eigenvalue weighted by Gasteiger charge is -2.27. The Morgan fingerprint density at radius 1 is 1.40 bits per heavy atom. The first-order chi connectivity index (χ1) is 11.7. The summed E-state index contributed by atoms with van der Waals surface area (Å²) in [4.78, 5) is 19.9. The Hall–Kier alpha value is -0.870. The number of carbonyl (C=O) groups excluding carboxylic acids is 1. The van der Waals surface area contributed by atoms with Crippen LogP contribution in [-0.4, -0.2) is 56.7 Å². The predicted molar refractivity (Wildman–Crippen MR) is 114 cm³/mol. The molecule has 0 spiro atoms. The smallest absolute Gasteiger partial charge is 0.224 e. The minimum absolute atomic E-state index is 0. The molecule has 0 fully saturated rings. The molecule has 1 aromatic heterocycles. The molecule has 1 aromatic rings. The fraction of sp³-hybridized carbons (Fsp3) is 0.647. The van der Waals surface area contributed by atoms with E-state index in [0.29, 0.717) is 13.0 Å². The lowest BCUT2D eigenvalue weighted by atomic mass is 10.1. The summed E-state index contributed by atoms with van der Waals surface area (Å²) in [7, 11) is 1.74. The van der Waals surface area contributed by atoms with Gasteiger partial charge in [0.25, 0.3) is 0 Å². The van der Waals surface area contributed by atoms with E-state index in [0.717, 1.165) is 51.6 Å². The summed E-state index contributed by atoms with van der Waals surface area (Å²) < 4.78 is 5.30. The number of rotatable bonds is 8. The number of thiophene rings is 1. The molecule has 0 aromatic carbocycles. The summed E-state index contributed by atoms with van der Waals surface area (Å²) >= 11 is 1.79. The molecule has 1 amide bonds. The number of ether oxygens (including phenoxy) is 1. The third-order valence-electron chi connectivity index (χ3n) is 3.98. The maximum absolute atomic E-state index is 12.3. The standard InChI is InChI=1S/C17H28N4O2S.HI/c1-3-23-11-4-8-19-17(18-2)20-9-5-16(22)21-10-6-15-14(13-21)7-12-24-15;/h7,12H,3-6,8-11,13H2,1-2H3,(H2,18,19,20);1H. The highest BCUT2D eigenvalue weighted by Crippen LogP contribution is 2.24. The van der Waals surface area contributed by atoms with E-state index in [1.165, 1.54) is 10.4 Å². The molecule has 6 nitrogen and oxygen atoms in total. The van der Waals surface area contributed by atoms with Crippen molar-refractivity contribution in [1.82, 2.24) is 15.5 Å². The molecule has 1 aliphatic rings. The lowest BCUT2D eigenvalue weighted by molar-refractivity contribution is -0.131. The Labute approximate surface area is 171 Å². The van der Waals surface area contributed by atoms with Crippen LogP contribution in [0.1, 0.15) is 30.2 Å². The number of halogens is 1. The van der Waals surface area contributed by atoms with Gasteiger partial charge in [0.15, 0.2) is 5.96 Å². The molecular formula is C17H29IN4O2S. The first-order valence-corrected chi connectivity index (χ1v) is 9.47. The third-order valence-corrected chi connectivity index (χ3v) is 5.00. The number of nitrogens with one attached hydrogen (secondary N) is 2. The first-order valence-electron chi connectivity index (χ1n) is 8.60. The van der Waals surface area contributed by atoms with Crippen LogP contribution in [0.15, 0.2) is 16.4 Å². The molecule has 142 valence electrons. The van der Waals surface area contributed by atoms with E-state index in [-0.39, 0.29) is 29.9 Å². The number of nitrogens with zero attached hydrogens (tertiary/aromatic N) is 2. The van der Waals surface area contributed by atoms with Crippen LogP contribution in [0.25, 0.3) is 0 Å². The van der Waals surface area contributed by atoms with Crippen LogP contribution in [0, 0.1) is 0 Å². The van der Waals surface area contributed by atoms with Crippen molar-refractivity contribution >= 4 is 47.2 Å². The van der Waals surface area contributed by atoms with Gasteiger partial charge in [-0.05, 0) is 36.8 Å². The van der Waals surface area contributed by atoms with E-state index in [1.807, 2.05) is 11.8 Å². The second-order valence-corrected chi connectivity index (χ2v) is 6.66. The molecule has 0 unspecified atom stereocenters. The zero-order chi connectivity index (χ0) is 17.2. The van der Waals surface area contributed by atoms with E-state index >= 15 is 0 Å². The molecule has 8 heteroatoms. The molecule has 1 aliphatic heterocycles. The fourth-order valence-electron chi connectivity index (χ4n) is 2.65. The Balaban J connectivity index is 0.00000312. The van der Waals surface area contributed by atoms with Gasteiger partial charge in [0.1, 0.15) is 0 Å². The Morgan fingerprint density at radius 3 is 2.96 bits per heavy atom. The van der Waals surface area contributed by atoms with Crippen LogP contribution >= 0.6 is 35.3 Å². The van der Waals surface area contributed by atoms with Gasteiger partial charge in [-0.1, -0.05) is 0 Å². The van der Waals surface area contributed by atoms with Crippen LogP contribution in [0.5, 0.6) is 0 Å².